The lowest BCUT2D eigenvalue weighted by atomic mass is 9.93. The number of halogens is 1. The highest BCUT2D eigenvalue weighted by molar-refractivity contribution is 14.1. The average Bonchev–Trinajstić information content (AvgIpc) is 3.34. The molecule has 1 aliphatic heterocycles. The Morgan fingerprint density at radius 2 is 2.03 bits per heavy atom. The van der Waals surface area contributed by atoms with Gasteiger partial charge in [0.1, 0.15) is 17.7 Å². The first kappa shape index (κ1) is 20.4. The number of benzene rings is 1. The van der Waals surface area contributed by atoms with Crippen LogP contribution in [-0.2, 0) is 16.8 Å². The second-order valence-electron chi connectivity index (χ2n) is 9.42. The van der Waals surface area contributed by atoms with E-state index in [4.69, 9.17) is 9.15 Å². The van der Waals surface area contributed by atoms with Crippen LogP contribution in [-0.4, -0.2) is 46.0 Å². The fourth-order valence-corrected chi connectivity index (χ4v) is 6.00. The maximum absolute atomic E-state index is 13.9. The molecule has 32 heavy (non-hydrogen) atoms. The van der Waals surface area contributed by atoms with Crippen molar-refractivity contribution >= 4 is 45.7 Å². The van der Waals surface area contributed by atoms with Gasteiger partial charge in [0.15, 0.2) is 5.82 Å². The molecular formula is C24H25IN4O3. The number of anilines is 1. The summed E-state index contributed by atoms with van der Waals surface area (Å²) >= 11 is 2.31. The van der Waals surface area contributed by atoms with Gasteiger partial charge in [-0.25, -0.2) is 9.97 Å². The van der Waals surface area contributed by atoms with E-state index in [0.717, 1.165) is 31.5 Å². The number of hydrogen-bond acceptors (Lipinski definition) is 6. The van der Waals surface area contributed by atoms with Crippen LogP contribution in [0.5, 0.6) is 0 Å². The fourth-order valence-electron chi connectivity index (χ4n) is 5.15. The number of aryl methyl sites for hydroxylation is 2. The van der Waals surface area contributed by atoms with E-state index >= 15 is 0 Å². The van der Waals surface area contributed by atoms with Gasteiger partial charge in [-0.1, -0.05) is 24.3 Å². The number of aromatic nitrogens is 2. The molecule has 2 aromatic heterocycles. The topological polar surface area (TPSA) is 71.7 Å². The first-order valence-electron chi connectivity index (χ1n) is 11.1. The van der Waals surface area contributed by atoms with Crippen LogP contribution < -0.4 is 3.11 Å². The Morgan fingerprint density at radius 1 is 1.22 bits per heavy atom. The molecule has 2 fully saturated rings. The third-order valence-electron chi connectivity index (χ3n) is 7.27. The van der Waals surface area contributed by atoms with Crippen molar-refractivity contribution in [1.29, 1.82) is 0 Å². The van der Waals surface area contributed by atoms with Crippen LogP contribution in [0.4, 0.5) is 5.82 Å². The molecule has 6 rings (SSSR count). The van der Waals surface area contributed by atoms with Gasteiger partial charge in [0.25, 0.3) is 5.91 Å². The number of morpholine rings is 1. The van der Waals surface area contributed by atoms with Crippen molar-refractivity contribution in [3.63, 3.8) is 0 Å². The molecule has 3 heterocycles. The van der Waals surface area contributed by atoms with E-state index in [2.05, 4.69) is 67.1 Å². The molecule has 1 unspecified atom stereocenters. The highest BCUT2D eigenvalue weighted by atomic mass is 127. The number of amides is 1. The Balaban J connectivity index is 1.39. The number of fused-ring (bicyclic) bond motifs is 3. The van der Waals surface area contributed by atoms with Crippen molar-refractivity contribution < 1.29 is 13.9 Å². The number of carbonyl (C=O) groups is 1. The molecule has 1 saturated carbocycles. The summed E-state index contributed by atoms with van der Waals surface area (Å²) in [4.78, 5) is 24.7. The Hall–Kier alpha value is -2.20. The van der Waals surface area contributed by atoms with E-state index in [-0.39, 0.29) is 11.4 Å². The molecule has 0 N–H and O–H groups in total. The van der Waals surface area contributed by atoms with Crippen LogP contribution in [0.25, 0.3) is 11.1 Å². The Bertz CT molecular complexity index is 1230. The van der Waals surface area contributed by atoms with E-state index in [1.165, 1.54) is 17.5 Å². The first-order chi connectivity index (χ1) is 15.4. The first-order valence-corrected chi connectivity index (χ1v) is 12.1. The summed E-state index contributed by atoms with van der Waals surface area (Å²) in [5, 5.41) is 0.713. The quantitative estimate of drug-likeness (QED) is 0.356. The van der Waals surface area contributed by atoms with E-state index < -0.39 is 5.60 Å². The molecule has 7 nitrogen and oxygen atoms in total. The molecule has 3 aromatic rings. The van der Waals surface area contributed by atoms with Gasteiger partial charge in [0.05, 0.1) is 47.0 Å². The van der Waals surface area contributed by atoms with Crippen molar-refractivity contribution in [1.82, 2.24) is 14.9 Å². The predicted octanol–water partition coefficient (Wildman–Crippen LogP) is 4.55. The van der Waals surface area contributed by atoms with Gasteiger partial charge < -0.3 is 14.1 Å². The van der Waals surface area contributed by atoms with E-state index in [0.29, 0.717) is 42.1 Å². The maximum Gasteiger partial charge on any atom is 0.258 e. The standard InChI is InChI=1S/C24H25IN4O3/c1-15-18(19-20(26-14-27-21(19)32-15)29(25)23(2)9-10-23)22(30)28-11-12-31-24(13-28)8-7-16-5-3-4-6-17(16)24/h3-6,14H,7-13H2,1-2H3. The molecule has 3 aliphatic rings. The molecule has 0 bridgehead atoms. The van der Waals surface area contributed by atoms with Crippen LogP contribution in [0.15, 0.2) is 35.0 Å². The van der Waals surface area contributed by atoms with Crippen LogP contribution in [0.2, 0.25) is 0 Å². The summed E-state index contributed by atoms with van der Waals surface area (Å²) in [6.07, 6.45) is 5.60. The van der Waals surface area contributed by atoms with Crippen molar-refractivity contribution in [2.24, 2.45) is 0 Å². The third-order valence-corrected chi connectivity index (χ3v) is 8.89. The molecule has 2 aliphatic carbocycles. The minimum atomic E-state index is -0.423. The minimum absolute atomic E-state index is 0.0323. The van der Waals surface area contributed by atoms with Gasteiger partial charge in [0.2, 0.25) is 5.71 Å². The molecule has 1 spiro atoms. The van der Waals surface area contributed by atoms with Crippen LogP contribution in [0.3, 0.4) is 0 Å². The lowest BCUT2D eigenvalue weighted by Gasteiger charge is -2.41. The number of nitrogens with zero attached hydrogens (tertiary/aromatic N) is 4. The van der Waals surface area contributed by atoms with Gasteiger partial charge in [-0.2, -0.15) is 0 Å². The third kappa shape index (κ3) is 2.98. The molecule has 1 saturated heterocycles. The zero-order valence-corrected chi connectivity index (χ0v) is 20.4. The van der Waals surface area contributed by atoms with E-state index in [1.807, 2.05) is 11.8 Å². The molecule has 1 amide bonds. The largest absolute Gasteiger partial charge is 0.442 e. The lowest BCUT2D eigenvalue weighted by Crippen LogP contribution is -2.51. The number of rotatable bonds is 3. The molecule has 1 atom stereocenters. The van der Waals surface area contributed by atoms with E-state index in [9.17, 15) is 4.79 Å². The highest BCUT2D eigenvalue weighted by Gasteiger charge is 2.46. The number of carbonyl (C=O) groups excluding carboxylic acids is 1. The van der Waals surface area contributed by atoms with Crippen molar-refractivity contribution in [3.8, 4) is 0 Å². The Kier molecular flexibility index (Phi) is 4.56. The number of furan rings is 1. The zero-order valence-electron chi connectivity index (χ0n) is 18.2. The van der Waals surface area contributed by atoms with Gasteiger partial charge in [-0.05, 0) is 50.7 Å². The molecular weight excluding hydrogens is 519 g/mol. The van der Waals surface area contributed by atoms with Crippen molar-refractivity contribution in [2.75, 3.05) is 22.8 Å². The fraction of sp³-hybridized carbons (Fsp3) is 0.458. The van der Waals surface area contributed by atoms with Gasteiger partial charge in [-0.3, -0.25) is 7.91 Å². The maximum atomic E-state index is 13.9. The van der Waals surface area contributed by atoms with Crippen LogP contribution in [0.1, 0.15) is 53.4 Å². The summed E-state index contributed by atoms with van der Waals surface area (Å²) in [7, 11) is 0. The molecule has 0 radical (unpaired) electrons. The normalized spacial score (nSPS) is 23.5. The second-order valence-corrected chi connectivity index (χ2v) is 10.4. The summed E-state index contributed by atoms with van der Waals surface area (Å²) in [5.74, 6) is 1.31. The van der Waals surface area contributed by atoms with Gasteiger partial charge in [-0.15, -0.1) is 0 Å². The lowest BCUT2D eigenvalue weighted by molar-refractivity contribution is -0.103. The summed E-state index contributed by atoms with van der Waals surface area (Å²) in [6.45, 7) is 5.68. The average molecular weight is 544 g/mol. The highest BCUT2D eigenvalue weighted by Crippen LogP contribution is 2.48. The zero-order chi connectivity index (χ0) is 22.1. The number of hydrogen-bond donors (Lipinski definition) is 0. The van der Waals surface area contributed by atoms with Gasteiger partial charge >= 0.3 is 0 Å². The molecule has 166 valence electrons. The summed E-state index contributed by atoms with van der Waals surface area (Å²) in [5.41, 5.74) is 3.22. The Labute approximate surface area is 200 Å². The Morgan fingerprint density at radius 3 is 2.84 bits per heavy atom. The predicted molar refractivity (Wildman–Crippen MR) is 129 cm³/mol. The number of ether oxygens (including phenoxy) is 1. The SMILES string of the molecule is Cc1oc2ncnc(N(I)C3(C)CC3)c2c1C(=O)N1CCOC2(CCc3ccccc32)C1. The molecule has 8 heteroatoms. The van der Waals surface area contributed by atoms with Crippen LogP contribution in [0, 0.1) is 6.92 Å². The van der Waals surface area contributed by atoms with E-state index in [1.54, 1.807) is 0 Å². The van der Waals surface area contributed by atoms with Crippen molar-refractivity contribution in [3.05, 3.63) is 53.0 Å². The monoisotopic (exact) mass is 544 g/mol. The minimum Gasteiger partial charge on any atom is -0.442 e. The van der Waals surface area contributed by atoms with Crippen LogP contribution >= 0.6 is 22.9 Å². The summed E-state index contributed by atoms with van der Waals surface area (Å²) < 4.78 is 14.4. The smallest absolute Gasteiger partial charge is 0.258 e. The van der Waals surface area contributed by atoms with Gasteiger partial charge in [0, 0.05) is 12.1 Å². The summed E-state index contributed by atoms with van der Waals surface area (Å²) in [6, 6.07) is 8.44. The van der Waals surface area contributed by atoms with Crippen molar-refractivity contribution in [2.45, 2.75) is 50.7 Å². The molecule has 1 aromatic carbocycles. The second kappa shape index (κ2) is 7.15.